The first-order chi connectivity index (χ1) is 9.58. The Hall–Kier alpha value is -0.810. The average molecular weight is 318 g/mol. The number of nitrogens with one attached hydrogen (secondary N) is 2. The van der Waals surface area contributed by atoms with E-state index in [0.29, 0.717) is 0 Å². The zero-order valence-electron chi connectivity index (χ0n) is 13.1. The summed E-state index contributed by atoms with van der Waals surface area (Å²) in [7, 11) is 0. The van der Waals surface area contributed by atoms with Gasteiger partial charge in [0.2, 0.25) is 11.8 Å². The van der Waals surface area contributed by atoms with E-state index in [2.05, 4.69) is 10.6 Å². The van der Waals surface area contributed by atoms with Crippen molar-refractivity contribution < 1.29 is 9.59 Å². The van der Waals surface area contributed by atoms with E-state index in [-0.39, 0.29) is 42.1 Å². The van der Waals surface area contributed by atoms with Crippen LogP contribution in [0.1, 0.15) is 39.5 Å². The molecule has 2 amide bonds. The number of carbonyl (C=O) groups is 2. The van der Waals surface area contributed by atoms with Gasteiger partial charge in [-0.15, -0.1) is 12.4 Å². The molecular formula is C15H28ClN3O2. The van der Waals surface area contributed by atoms with Gasteiger partial charge in [0, 0.05) is 31.6 Å². The molecule has 2 rings (SSSR count). The third-order valence-electron chi connectivity index (χ3n) is 4.31. The minimum Gasteiger partial charge on any atom is -0.353 e. The molecule has 0 spiro atoms. The molecule has 0 aromatic carbocycles. The highest BCUT2D eigenvalue weighted by molar-refractivity contribution is 5.85. The summed E-state index contributed by atoms with van der Waals surface area (Å²) in [6, 6.07) is 0.237. The number of likely N-dealkylation sites (tertiary alicyclic amines) is 1. The summed E-state index contributed by atoms with van der Waals surface area (Å²) in [5.74, 6) is 0.602. The highest BCUT2D eigenvalue weighted by Gasteiger charge is 2.27. The van der Waals surface area contributed by atoms with Gasteiger partial charge in [-0.2, -0.15) is 0 Å². The number of nitrogens with zero attached hydrogens (tertiary/aromatic N) is 1. The summed E-state index contributed by atoms with van der Waals surface area (Å²) in [6.07, 6.45) is 3.83. The molecule has 0 saturated carbocycles. The number of carbonyl (C=O) groups excluding carboxylic acids is 2. The van der Waals surface area contributed by atoms with Crippen LogP contribution >= 0.6 is 12.4 Å². The average Bonchev–Trinajstić information content (AvgIpc) is 2.48. The van der Waals surface area contributed by atoms with Crippen molar-refractivity contribution in [2.24, 2.45) is 11.8 Å². The van der Waals surface area contributed by atoms with E-state index in [1.165, 1.54) is 0 Å². The van der Waals surface area contributed by atoms with Crippen molar-refractivity contribution in [3.8, 4) is 0 Å². The summed E-state index contributed by atoms with van der Waals surface area (Å²) >= 11 is 0. The Morgan fingerprint density at radius 3 is 2.38 bits per heavy atom. The molecule has 0 aromatic rings. The molecule has 2 saturated heterocycles. The third kappa shape index (κ3) is 5.15. The molecule has 2 N–H and O–H groups in total. The van der Waals surface area contributed by atoms with Gasteiger partial charge in [0.1, 0.15) is 0 Å². The van der Waals surface area contributed by atoms with Gasteiger partial charge in [-0.3, -0.25) is 9.59 Å². The number of hydrogen-bond acceptors (Lipinski definition) is 3. The van der Waals surface area contributed by atoms with Crippen LogP contribution < -0.4 is 10.6 Å². The van der Waals surface area contributed by atoms with E-state index in [1.807, 2.05) is 18.7 Å². The molecule has 0 radical (unpaired) electrons. The lowest BCUT2D eigenvalue weighted by Gasteiger charge is -2.34. The fourth-order valence-electron chi connectivity index (χ4n) is 3.00. The monoisotopic (exact) mass is 317 g/mol. The van der Waals surface area contributed by atoms with Crippen LogP contribution in [0.15, 0.2) is 0 Å². The molecule has 1 unspecified atom stereocenters. The van der Waals surface area contributed by atoms with E-state index in [1.54, 1.807) is 0 Å². The number of piperidine rings is 2. The van der Waals surface area contributed by atoms with Crippen LogP contribution in [0.25, 0.3) is 0 Å². The quantitative estimate of drug-likeness (QED) is 0.821. The first-order valence-corrected chi connectivity index (χ1v) is 7.88. The molecule has 0 aromatic heterocycles. The predicted molar refractivity (Wildman–Crippen MR) is 85.4 cm³/mol. The fourth-order valence-corrected chi connectivity index (χ4v) is 3.00. The largest absolute Gasteiger partial charge is 0.353 e. The van der Waals surface area contributed by atoms with E-state index in [9.17, 15) is 9.59 Å². The highest BCUT2D eigenvalue weighted by Crippen LogP contribution is 2.15. The van der Waals surface area contributed by atoms with Crippen molar-refractivity contribution in [3.63, 3.8) is 0 Å². The Kier molecular flexibility index (Phi) is 7.46. The van der Waals surface area contributed by atoms with Crippen molar-refractivity contribution >= 4 is 24.2 Å². The van der Waals surface area contributed by atoms with E-state index >= 15 is 0 Å². The molecule has 0 aliphatic carbocycles. The molecule has 2 aliphatic heterocycles. The fraction of sp³-hybridized carbons (Fsp3) is 0.867. The topological polar surface area (TPSA) is 61.4 Å². The standard InChI is InChI=1S/C15H27N3O2.ClH/c1-11(2)15(20)18-8-5-13(6-9-18)17-14(19)12-4-3-7-16-10-12;/h11-13,16H,3-10H2,1-2H3,(H,17,19);1H. The second-order valence-electron chi connectivity index (χ2n) is 6.31. The number of rotatable bonds is 3. The van der Waals surface area contributed by atoms with Crippen LogP contribution in [0.3, 0.4) is 0 Å². The lowest BCUT2D eigenvalue weighted by atomic mass is 9.97. The molecule has 2 heterocycles. The van der Waals surface area contributed by atoms with Crippen molar-refractivity contribution in [1.82, 2.24) is 15.5 Å². The van der Waals surface area contributed by atoms with E-state index in [4.69, 9.17) is 0 Å². The number of amides is 2. The second kappa shape index (κ2) is 8.59. The van der Waals surface area contributed by atoms with Gasteiger partial charge in [-0.25, -0.2) is 0 Å². The molecule has 5 nitrogen and oxygen atoms in total. The van der Waals surface area contributed by atoms with Gasteiger partial charge in [0.15, 0.2) is 0 Å². The summed E-state index contributed by atoms with van der Waals surface area (Å²) in [5.41, 5.74) is 0. The van der Waals surface area contributed by atoms with Gasteiger partial charge >= 0.3 is 0 Å². The van der Waals surface area contributed by atoms with Gasteiger partial charge in [-0.05, 0) is 32.2 Å². The zero-order chi connectivity index (χ0) is 14.5. The van der Waals surface area contributed by atoms with Crippen LogP contribution in [-0.4, -0.2) is 48.9 Å². The number of hydrogen-bond donors (Lipinski definition) is 2. The SMILES string of the molecule is CC(C)C(=O)N1CCC(NC(=O)C2CCCNC2)CC1.Cl. The van der Waals surface area contributed by atoms with Crippen LogP contribution in [0.2, 0.25) is 0 Å². The summed E-state index contributed by atoms with van der Waals surface area (Å²) in [6.45, 7) is 7.24. The Labute approximate surface area is 133 Å². The molecule has 0 bridgehead atoms. The maximum Gasteiger partial charge on any atom is 0.225 e. The van der Waals surface area contributed by atoms with E-state index in [0.717, 1.165) is 51.9 Å². The Balaban J connectivity index is 0.00000220. The second-order valence-corrected chi connectivity index (χ2v) is 6.31. The Morgan fingerprint density at radius 1 is 1.19 bits per heavy atom. The lowest BCUT2D eigenvalue weighted by molar-refractivity contribution is -0.135. The van der Waals surface area contributed by atoms with Gasteiger partial charge < -0.3 is 15.5 Å². The minimum absolute atomic E-state index is 0. The molecule has 2 aliphatic rings. The zero-order valence-corrected chi connectivity index (χ0v) is 13.9. The summed E-state index contributed by atoms with van der Waals surface area (Å²) in [5, 5.41) is 6.43. The first kappa shape index (κ1) is 18.2. The first-order valence-electron chi connectivity index (χ1n) is 7.88. The maximum absolute atomic E-state index is 12.2. The van der Waals surface area contributed by atoms with Crippen LogP contribution in [0.4, 0.5) is 0 Å². The van der Waals surface area contributed by atoms with Gasteiger partial charge in [-0.1, -0.05) is 13.8 Å². The Bertz CT molecular complexity index is 349. The highest BCUT2D eigenvalue weighted by atomic mass is 35.5. The van der Waals surface area contributed by atoms with Crippen LogP contribution in [-0.2, 0) is 9.59 Å². The molecule has 21 heavy (non-hydrogen) atoms. The van der Waals surface area contributed by atoms with E-state index < -0.39 is 0 Å². The van der Waals surface area contributed by atoms with Crippen molar-refractivity contribution in [2.45, 2.75) is 45.6 Å². The lowest BCUT2D eigenvalue weighted by Crippen LogP contribution is -2.50. The van der Waals surface area contributed by atoms with Crippen molar-refractivity contribution in [1.29, 1.82) is 0 Å². The minimum atomic E-state index is 0. The molecule has 6 heteroatoms. The molecule has 122 valence electrons. The van der Waals surface area contributed by atoms with Gasteiger partial charge in [0.05, 0.1) is 5.92 Å². The summed E-state index contributed by atoms with van der Waals surface area (Å²) < 4.78 is 0. The molecular weight excluding hydrogens is 290 g/mol. The van der Waals surface area contributed by atoms with Crippen LogP contribution in [0.5, 0.6) is 0 Å². The van der Waals surface area contributed by atoms with Crippen LogP contribution in [0, 0.1) is 11.8 Å². The smallest absolute Gasteiger partial charge is 0.225 e. The van der Waals surface area contributed by atoms with Crippen molar-refractivity contribution in [2.75, 3.05) is 26.2 Å². The number of halogens is 1. The molecule has 2 fully saturated rings. The van der Waals surface area contributed by atoms with Crippen molar-refractivity contribution in [3.05, 3.63) is 0 Å². The Morgan fingerprint density at radius 2 is 1.86 bits per heavy atom. The predicted octanol–water partition coefficient (Wildman–Crippen LogP) is 1.17. The van der Waals surface area contributed by atoms with Gasteiger partial charge in [0.25, 0.3) is 0 Å². The summed E-state index contributed by atoms with van der Waals surface area (Å²) in [4.78, 5) is 26.0. The molecule has 1 atom stereocenters. The maximum atomic E-state index is 12.2. The normalized spacial score (nSPS) is 23.6. The third-order valence-corrected chi connectivity index (χ3v) is 4.31.